The summed E-state index contributed by atoms with van der Waals surface area (Å²) < 4.78 is 14.3. The molecule has 1 aliphatic heterocycles. The largest absolute Gasteiger partial charge is 0.411 e. The lowest BCUT2D eigenvalue weighted by atomic mass is 9.90. The van der Waals surface area contributed by atoms with Crippen LogP contribution in [0.1, 0.15) is 51.8 Å². The normalized spacial score (nSPS) is 27.5. The second-order valence-corrected chi connectivity index (χ2v) is 14.4. The van der Waals surface area contributed by atoms with Gasteiger partial charge in [-0.1, -0.05) is 32.9 Å². The van der Waals surface area contributed by atoms with E-state index in [0.29, 0.717) is 24.8 Å². The lowest BCUT2D eigenvalue weighted by Gasteiger charge is -2.41. The molecule has 1 saturated heterocycles. The lowest BCUT2D eigenvalue weighted by Crippen LogP contribution is -2.52. The van der Waals surface area contributed by atoms with Crippen molar-refractivity contribution in [2.45, 2.75) is 89.1 Å². The van der Waals surface area contributed by atoms with E-state index >= 15 is 0 Å². The highest BCUT2D eigenvalue weighted by Gasteiger charge is 2.52. The molecule has 2 aliphatic rings. The van der Waals surface area contributed by atoms with Crippen molar-refractivity contribution in [3.63, 3.8) is 0 Å². The molecule has 1 fully saturated rings. The van der Waals surface area contributed by atoms with Crippen molar-refractivity contribution in [1.82, 2.24) is 9.55 Å². The highest BCUT2D eigenvalue weighted by Crippen LogP contribution is 2.45. The van der Waals surface area contributed by atoms with Crippen molar-refractivity contribution in [2.75, 3.05) is 0 Å². The third-order valence-corrected chi connectivity index (χ3v) is 10.9. The first-order chi connectivity index (χ1) is 12.8. The third kappa shape index (κ3) is 3.83. The summed E-state index contributed by atoms with van der Waals surface area (Å²) in [4.78, 5) is 26.4. The minimum Gasteiger partial charge on any atom is -0.411 e. The zero-order valence-electron chi connectivity index (χ0n) is 17.6. The molecule has 156 valence electrons. The average Bonchev–Trinajstić information content (AvgIpc) is 3.17. The van der Waals surface area contributed by atoms with Gasteiger partial charge < -0.3 is 14.3 Å². The van der Waals surface area contributed by atoms with Gasteiger partial charge in [-0.05, 0) is 37.9 Å². The summed E-state index contributed by atoms with van der Waals surface area (Å²) in [7, 11) is -2.12. The van der Waals surface area contributed by atoms with E-state index in [9.17, 15) is 14.7 Å². The smallest absolute Gasteiger partial charge is 0.330 e. The molecular weight excluding hydrogens is 376 g/mol. The number of aliphatic hydroxyl groups is 1. The first kappa shape index (κ1) is 21.2. The Kier molecular flexibility index (Phi) is 5.37. The fourth-order valence-corrected chi connectivity index (χ4v) is 4.97. The molecule has 0 radical (unpaired) electrons. The van der Waals surface area contributed by atoms with Crippen LogP contribution in [0.5, 0.6) is 0 Å². The van der Waals surface area contributed by atoms with Crippen molar-refractivity contribution in [2.24, 2.45) is 0 Å². The standard InChI is InChI=1S/C20H32N2O5Si/c1-13-12-22(18(24)21-17(13)23)15-11-14(27-28(5,6)19(2,3)4)16(26-15)20(25)9-7-8-10-20/h7-8,12,14-16,25H,9-11H2,1-6H3,(H,21,23,24)/t14?,15-,16+/m1/s1. The minimum atomic E-state index is -2.12. The van der Waals surface area contributed by atoms with E-state index in [1.165, 1.54) is 10.8 Å². The Labute approximate surface area is 166 Å². The molecule has 0 bridgehead atoms. The topological polar surface area (TPSA) is 93.6 Å². The number of H-pyrrole nitrogens is 1. The Bertz CT molecular complexity index is 872. The summed E-state index contributed by atoms with van der Waals surface area (Å²) in [5.74, 6) is 0. The van der Waals surface area contributed by atoms with Crippen LogP contribution in [0, 0.1) is 6.92 Å². The molecule has 0 amide bonds. The average molecular weight is 409 g/mol. The van der Waals surface area contributed by atoms with Crippen molar-refractivity contribution < 1.29 is 14.3 Å². The zero-order chi connectivity index (χ0) is 20.9. The maximum absolute atomic E-state index is 12.4. The summed E-state index contributed by atoms with van der Waals surface area (Å²) in [6, 6.07) is 0. The van der Waals surface area contributed by atoms with E-state index in [1.54, 1.807) is 6.92 Å². The van der Waals surface area contributed by atoms with Crippen LogP contribution < -0.4 is 11.2 Å². The summed E-state index contributed by atoms with van der Waals surface area (Å²) in [5.41, 5.74) is -1.51. The Morgan fingerprint density at radius 1 is 1.29 bits per heavy atom. The van der Waals surface area contributed by atoms with Gasteiger partial charge in [0.25, 0.3) is 5.56 Å². The number of nitrogens with zero attached hydrogens (tertiary/aromatic N) is 1. The van der Waals surface area contributed by atoms with Gasteiger partial charge in [-0.25, -0.2) is 4.79 Å². The SMILES string of the molecule is Cc1cn([C@H]2CC(O[Si](C)(C)C(C)(C)C)[C@@H](C3(O)CC=CC3)O2)c(=O)[nH]c1=O. The fourth-order valence-electron chi connectivity index (χ4n) is 3.64. The number of aromatic nitrogens is 2. The maximum atomic E-state index is 12.4. The van der Waals surface area contributed by atoms with E-state index in [1.807, 2.05) is 12.2 Å². The number of nitrogens with one attached hydrogen (secondary N) is 1. The van der Waals surface area contributed by atoms with Gasteiger partial charge in [0.2, 0.25) is 0 Å². The Morgan fingerprint density at radius 3 is 2.46 bits per heavy atom. The molecule has 0 spiro atoms. The molecule has 0 aromatic carbocycles. The van der Waals surface area contributed by atoms with E-state index < -0.39 is 37.5 Å². The van der Waals surface area contributed by atoms with Crippen LogP contribution in [0.2, 0.25) is 18.1 Å². The monoisotopic (exact) mass is 408 g/mol. The van der Waals surface area contributed by atoms with E-state index in [4.69, 9.17) is 9.16 Å². The molecule has 7 nitrogen and oxygen atoms in total. The second kappa shape index (κ2) is 7.09. The molecule has 2 heterocycles. The first-order valence-electron chi connectivity index (χ1n) is 9.87. The van der Waals surface area contributed by atoms with Gasteiger partial charge >= 0.3 is 5.69 Å². The number of hydrogen-bond donors (Lipinski definition) is 2. The Balaban J connectivity index is 1.94. The molecule has 8 heteroatoms. The number of ether oxygens (including phenoxy) is 1. The third-order valence-electron chi connectivity index (χ3n) is 6.42. The van der Waals surface area contributed by atoms with E-state index in [-0.39, 0.29) is 11.1 Å². The minimum absolute atomic E-state index is 0.0115. The van der Waals surface area contributed by atoms with Gasteiger partial charge in [-0.2, -0.15) is 0 Å². The zero-order valence-corrected chi connectivity index (χ0v) is 18.6. The Hall–Kier alpha value is -1.48. The van der Waals surface area contributed by atoms with Crippen LogP contribution in [0.25, 0.3) is 0 Å². The van der Waals surface area contributed by atoms with Crippen LogP contribution in [0.3, 0.4) is 0 Å². The Morgan fingerprint density at radius 2 is 1.89 bits per heavy atom. The van der Waals surface area contributed by atoms with Crippen LogP contribution in [0.4, 0.5) is 0 Å². The maximum Gasteiger partial charge on any atom is 0.330 e. The molecule has 3 rings (SSSR count). The van der Waals surface area contributed by atoms with Crippen molar-refractivity contribution in [1.29, 1.82) is 0 Å². The highest BCUT2D eigenvalue weighted by molar-refractivity contribution is 6.74. The van der Waals surface area contributed by atoms with Gasteiger partial charge in [0.1, 0.15) is 17.9 Å². The van der Waals surface area contributed by atoms with Crippen molar-refractivity contribution in [3.8, 4) is 0 Å². The van der Waals surface area contributed by atoms with Crippen molar-refractivity contribution in [3.05, 3.63) is 44.8 Å². The predicted octanol–water partition coefficient (Wildman–Crippen LogP) is 2.60. The van der Waals surface area contributed by atoms with E-state index in [2.05, 4.69) is 38.8 Å². The molecular formula is C20H32N2O5Si. The van der Waals surface area contributed by atoms with Gasteiger partial charge in [0.15, 0.2) is 8.32 Å². The molecule has 28 heavy (non-hydrogen) atoms. The molecule has 3 atom stereocenters. The summed E-state index contributed by atoms with van der Waals surface area (Å²) >= 11 is 0. The van der Waals surface area contributed by atoms with Crippen LogP contribution in [-0.2, 0) is 9.16 Å². The van der Waals surface area contributed by atoms with Gasteiger partial charge in [-0.3, -0.25) is 14.3 Å². The van der Waals surface area contributed by atoms with Gasteiger partial charge in [0, 0.05) is 18.2 Å². The lowest BCUT2D eigenvalue weighted by molar-refractivity contribution is -0.132. The molecule has 1 aromatic heterocycles. The first-order valence-corrected chi connectivity index (χ1v) is 12.8. The summed E-state index contributed by atoms with van der Waals surface area (Å²) in [6.07, 6.45) is 5.43. The van der Waals surface area contributed by atoms with Crippen LogP contribution in [-0.4, -0.2) is 40.8 Å². The second-order valence-electron chi connectivity index (χ2n) is 9.63. The summed E-state index contributed by atoms with van der Waals surface area (Å²) in [5, 5.41) is 11.2. The molecule has 2 N–H and O–H groups in total. The molecule has 0 saturated carbocycles. The predicted molar refractivity (Wildman–Crippen MR) is 110 cm³/mol. The van der Waals surface area contributed by atoms with Crippen molar-refractivity contribution >= 4 is 8.32 Å². The highest BCUT2D eigenvalue weighted by atomic mass is 28.4. The quantitative estimate of drug-likeness (QED) is 0.590. The number of aromatic amines is 1. The van der Waals surface area contributed by atoms with Gasteiger partial charge in [0.05, 0.1) is 6.10 Å². The molecule has 1 unspecified atom stereocenters. The number of aryl methyl sites for hydroxylation is 1. The van der Waals surface area contributed by atoms with Crippen LogP contribution >= 0.6 is 0 Å². The van der Waals surface area contributed by atoms with E-state index in [0.717, 1.165) is 0 Å². The molecule has 1 aliphatic carbocycles. The van der Waals surface area contributed by atoms with Gasteiger partial charge in [-0.15, -0.1) is 0 Å². The number of hydrogen-bond acceptors (Lipinski definition) is 5. The fraction of sp³-hybridized carbons (Fsp3) is 0.700. The van der Waals surface area contributed by atoms with Crippen LogP contribution in [0.15, 0.2) is 27.9 Å². The number of rotatable bonds is 4. The molecule has 1 aromatic rings. The summed E-state index contributed by atoms with van der Waals surface area (Å²) in [6.45, 7) is 12.5.